The van der Waals surface area contributed by atoms with Crippen molar-refractivity contribution in [2.24, 2.45) is 16.3 Å². The van der Waals surface area contributed by atoms with Crippen molar-refractivity contribution in [3.8, 4) is 0 Å². The summed E-state index contributed by atoms with van der Waals surface area (Å²) in [5, 5.41) is 7.06. The smallest absolute Gasteiger partial charge is 0.191 e. The van der Waals surface area contributed by atoms with Crippen molar-refractivity contribution in [1.82, 2.24) is 10.6 Å². The fourth-order valence-corrected chi connectivity index (χ4v) is 4.48. The van der Waals surface area contributed by atoms with Crippen LogP contribution in [-0.4, -0.2) is 31.3 Å². The highest BCUT2D eigenvalue weighted by atomic mass is 16.5. The van der Waals surface area contributed by atoms with Crippen LogP contribution in [0.2, 0.25) is 0 Å². The molecular formula is C17H25N3O2. The predicted octanol–water partition coefficient (Wildman–Crippen LogP) is 2.29. The van der Waals surface area contributed by atoms with Gasteiger partial charge in [-0.05, 0) is 38.3 Å². The molecule has 2 aliphatic carbocycles. The molecule has 0 amide bonds. The van der Waals surface area contributed by atoms with Crippen molar-refractivity contribution in [3.05, 3.63) is 24.2 Å². The lowest BCUT2D eigenvalue weighted by molar-refractivity contribution is -0.171. The molecule has 2 saturated carbocycles. The molecule has 4 rings (SSSR count). The van der Waals surface area contributed by atoms with Gasteiger partial charge in [0.2, 0.25) is 0 Å². The Morgan fingerprint density at radius 2 is 2.36 bits per heavy atom. The molecule has 0 radical (unpaired) electrons. The third kappa shape index (κ3) is 2.14. The lowest BCUT2D eigenvalue weighted by Gasteiger charge is -2.63. The van der Waals surface area contributed by atoms with E-state index in [2.05, 4.69) is 22.5 Å². The largest absolute Gasteiger partial charge is 0.467 e. The monoisotopic (exact) mass is 303 g/mol. The Bertz CT molecular complexity index is 536. The van der Waals surface area contributed by atoms with Gasteiger partial charge in [-0.25, -0.2) is 4.99 Å². The van der Waals surface area contributed by atoms with Gasteiger partial charge < -0.3 is 19.8 Å². The van der Waals surface area contributed by atoms with Crippen LogP contribution in [0.25, 0.3) is 0 Å². The van der Waals surface area contributed by atoms with Crippen LogP contribution in [-0.2, 0) is 11.3 Å². The second kappa shape index (κ2) is 5.61. The molecule has 1 aliphatic heterocycles. The van der Waals surface area contributed by atoms with Gasteiger partial charge in [0, 0.05) is 30.5 Å². The molecule has 2 heterocycles. The first-order chi connectivity index (χ1) is 10.8. The molecule has 1 saturated heterocycles. The number of fused-ring (bicyclic) bond motifs is 2. The van der Waals surface area contributed by atoms with E-state index in [1.807, 2.05) is 12.1 Å². The molecule has 1 aromatic rings. The van der Waals surface area contributed by atoms with Crippen LogP contribution in [0, 0.1) is 11.3 Å². The third-order valence-corrected chi connectivity index (χ3v) is 5.65. The van der Waals surface area contributed by atoms with E-state index in [0.717, 1.165) is 24.9 Å². The molecule has 3 fully saturated rings. The molecule has 0 bridgehead atoms. The van der Waals surface area contributed by atoms with Crippen molar-refractivity contribution in [1.29, 1.82) is 0 Å². The summed E-state index contributed by atoms with van der Waals surface area (Å²) in [7, 11) is 0. The molecule has 2 N–H and O–H groups in total. The van der Waals surface area contributed by atoms with Crippen LogP contribution >= 0.6 is 0 Å². The Morgan fingerprint density at radius 1 is 1.45 bits per heavy atom. The fraction of sp³-hybridized carbons (Fsp3) is 0.706. The van der Waals surface area contributed by atoms with E-state index in [1.54, 1.807) is 6.26 Å². The van der Waals surface area contributed by atoms with E-state index in [1.165, 1.54) is 25.7 Å². The number of rotatable bonds is 4. The molecule has 0 aromatic carbocycles. The van der Waals surface area contributed by atoms with E-state index in [-0.39, 0.29) is 0 Å². The summed E-state index contributed by atoms with van der Waals surface area (Å²) in [5.41, 5.74) is 0.377. The van der Waals surface area contributed by atoms with Crippen molar-refractivity contribution < 1.29 is 9.15 Å². The molecule has 5 nitrogen and oxygen atoms in total. The van der Waals surface area contributed by atoms with Crippen LogP contribution in [0.1, 0.15) is 38.4 Å². The molecule has 1 aromatic heterocycles. The predicted molar refractivity (Wildman–Crippen MR) is 84.6 cm³/mol. The van der Waals surface area contributed by atoms with Crippen LogP contribution in [0.3, 0.4) is 0 Å². The lowest BCUT2D eigenvalue weighted by Crippen LogP contribution is -2.72. The Kier molecular flexibility index (Phi) is 3.60. The Labute approximate surface area is 131 Å². The zero-order valence-electron chi connectivity index (χ0n) is 13.2. The normalized spacial score (nSPS) is 32.2. The minimum atomic E-state index is 0.377. The topological polar surface area (TPSA) is 58.8 Å². The first-order valence-electron chi connectivity index (χ1n) is 8.52. The summed E-state index contributed by atoms with van der Waals surface area (Å²) in [6.07, 6.45) is 7.30. The van der Waals surface area contributed by atoms with Crippen molar-refractivity contribution >= 4 is 5.96 Å². The van der Waals surface area contributed by atoms with Gasteiger partial charge in [-0.15, -0.1) is 0 Å². The summed E-state index contributed by atoms with van der Waals surface area (Å²) in [4.78, 5) is 4.68. The first kappa shape index (κ1) is 14.1. The van der Waals surface area contributed by atoms with Gasteiger partial charge in [-0.3, -0.25) is 0 Å². The third-order valence-electron chi connectivity index (χ3n) is 5.65. The molecule has 120 valence electrons. The number of aliphatic imine (C=N–C) groups is 1. The van der Waals surface area contributed by atoms with E-state index in [4.69, 9.17) is 9.15 Å². The summed E-state index contributed by atoms with van der Waals surface area (Å²) in [5.74, 6) is 2.46. The Morgan fingerprint density at radius 3 is 3.05 bits per heavy atom. The average molecular weight is 303 g/mol. The maximum atomic E-state index is 5.99. The maximum Gasteiger partial charge on any atom is 0.191 e. The molecule has 3 unspecified atom stereocenters. The summed E-state index contributed by atoms with van der Waals surface area (Å²) < 4.78 is 11.4. The SMILES string of the molecule is CCNC(=NCc1ccco1)NC1C2CCOC2C12CCC2. The average Bonchev–Trinajstić information content (AvgIpc) is 3.10. The van der Waals surface area contributed by atoms with Gasteiger partial charge in [0.25, 0.3) is 0 Å². The molecule has 5 heteroatoms. The van der Waals surface area contributed by atoms with Crippen LogP contribution < -0.4 is 10.6 Å². The fourth-order valence-electron chi connectivity index (χ4n) is 4.48. The molecular weight excluding hydrogens is 278 g/mol. The van der Waals surface area contributed by atoms with Gasteiger partial charge in [0.1, 0.15) is 12.3 Å². The standard InChI is InChI=1S/C17H25N3O2/c1-2-18-16(19-11-12-5-3-9-21-12)20-14-13-6-10-22-15(13)17(14)7-4-8-17/h3,5,9,13-15H,2,4,6-8,10-11H2,1H3,(H2,18,19,20). The van der Waals surface area contributed by atoms with Gasteiger partial charge in [0.15, 0.2) is 5.96 Å². The minimum absolute atomic E-state index is 0.377. The zero-order chi connectivity index (χ0) is 15.0. The van der Waals surface area contributed by atoms with Gasteiger partial charge in [-0.1, -0.05) is 6.42 Å². The van der Waals surface area contributed by atoms with Crippen molar-refractivity contribution in [3.63, 3.8) is 0 Å². The van der Waals surface area contributed by atoms with Crippen LogP contribution in [0.4, 0.5) is 0 Å². The number of nitrogens with one attached hydrogen (secondary N) is 2. The number of nitrogens with zero attached hydrogens (tertiary/aromatic N) is 1. The van der Waals surface area contributed by atoms with Gasteiger partial charge in [-0.2, -0.15) is 0 Å². The molecule has 22 heavy (non-hydrogen) atoms. The minimum Gasteiger partial charge on any atom is -0.467 e. The number of hydrogen-bond donors (Lipinski definition) is 2. The number of ether oxygens (including phenoxy) is 1. The number of furan rings is 1. The van der Waals surface area contributed by atoms with Crippen molar-refractivity contribution in [2.45, 2.75) is 51.3 Å². The summed E-state index contributed by atoms with van der Waals surface area (Å²) >= 11 is 0. The van der Waals surface area contributed by atoms with E-state index in [0.29, 0.717) is 30.0 Å². The van der Waals surface area contributed by atoms with E-state index >= 15 is 0 Å². The highest BCUT2D eigenvalue weighted by molar-refractivity contribution is 5.80. The Hall–Kier alpha value is -1.49. The molecule has 1 spiro atoms. The lowest BCUT2D eigenvalue weighted by atomic mass is 9.46. The highest BCUT2D eigenvalue weighted by Crippen LogP contribution is 2.62. The van der Waals surface area contributed by atoms with Crippen LogP contribution in [0.15, 0.2) is 27.8 Å². The second-order valence-electron chi connectivity index (χ2n) is 6.73. The summed E-state index contributed by atoms with van der Waals surface area (Å²) in [6, 6.07) is 4.38. The van der Waals surface area contributed by atoms with E-state index < -0.39 is 0 Å². The summed E-state index contributed by atoms with van der Waals surface area (Å²) in [6.45, 7) is 4.47. The van der Waals surface area contributed by atoms with E-state index in [9.17, 15) is 0 Å². The highest BCUT2D eigenvalue weighted by Gasteiger charge is 2.66. The zero-order valence-corrected chi connectivity index (χ0v) is 13.2. The maximum absolute atomic E-state index is 5.99. The first-order valence-corrected chi connectivity index (χ1v) is 8.52. The van der Waals surface area contributed by atoms with Crippen LogP contribution in [0.5, 0.6) is 0 Å². The van der Waals surface area contributed by atoms with Gasteiger partial charge >= 0.3 is 0 Å². The van der Waals surface area contributed by atoms with Crippen molar-refractivity contribution in [2.75, 3.05) is 13.2 Å². The molecule has 3 atom stereocenters. The number of guanidine groups is 1. The second-order valence-corrected chi connectivity index (χ2v) is 6.73. The Balaban J connectivity index is 1.45. The number of hydrogen-bond acceptors (Lipinski definition) is 3. The van der Waals surface area contributed by atoms with Gasteiger partial charge in [0.05, 0.1) is 12.4 Å². The quantitative estimate of drug-likeness (QED) is 0.662. The molecule has 3 aliphatic rings.